The van der Waals surface area contributed by atoms with Gasteiger partial charge in [0.1, 0.15) is 0 Å². The Hall–Kier alpha value is -1.33. The van der Waals surface area contributed by atoms with Crippen molar-refractivity contribution in [3.05, 3.63) is 44.3 Å². The van der Waals surface area contributed by atoms with E-state index in [9.17, 15) is 0 Å². The van der Waals surface area contributed by atoms with Crippen LogP contribution in [0.4, 0.5) is 0 Å². The van der Waals surface area contributed by atoms with Crippen LogP contribution in [-0.2, 0) is 13.0 Å². The maximum Gasteiger partial charge on any atom is 0.188 e. The number of guanidine groups is 1. The molecule has 2 aromatic heterocycles. The molecule has 2 heterocycles. The van der Waals surface area contributed by atoms with Crippen molar-refractivity contribution in [1.29, 1.82) is 0 Å². The van der Waals surface area contributed by atoms with E-state index in [0.717, 1.165) is 13.0 Å². The van der Waals surface area contributed by atoms with Gasteiger partial charge >= 0.3 is 0 Å². The van der Waals surface area contributed by atoms with Crippen LogP contribution in [0.3, 0.4) is 0 Å². The molecule has 0 radical (unpaired) electrons. The molecule has 2 aromatic rings. The number of rotatable bonds is 5. The van der Waals surface area contributed by atoms with Gasteiger partial charge < -0.3 is 11.1 Å². The largest absolute Gasteiger partial charge is 0.370 e. The molecule has 0 aliphatic heterocycles. The van der Waals surface area contributed by atoms with E-state index in [4.69, 9.17) is 5.73 Å². The van der Waals surface area contributed by atoms with Crippen molar-refractivity contribution in [2.45, 2.75) is 19.9 Å². The van der Waals surface area contributed by atoms with Crippen LogP contribution >= 0.6 is 22.7 Å². The first-order valence-corrected chi connectivity index (χ1v) is 7.61. The molecule has 0 spiro atoms. The van der Waals surface area contributed by atoms with E-state index in [1.165, 1.54) is 15.3 Å². The smallest absolute Gasteiger partial charge is 0.188 e. The first-order valence-electron chi connectivity index (χ1n) is 5.85. The van der Waals surface area contributed by atoms with E-state index in [2.05, 4.69) is 46.2 Å². The second-order valence-electron chi connectivity index (χ2n) is 3.98. The summed E-state index contributed by atoms with van der Waals surface area (Å²) in [6.45, 7) is 3.60. The van der Waals surface area contributed by atoms with Crippen molar-refractivity contribution in [3.8, 4) is 0 Å². The van der Waals surface area contributed by atoms with Crippen LogP contribution in [0.15, 0.2) is 34.0 Å². The summed E-state index contributed by atoms with van der Waals surface area (Å²) in [7, 11) is 0. The molecule has 0 aliphatic carbocycles. The minimum atomic E-state index is 0.527. The summed E-state index contributed by atoms with van der Waals surface area (Å²) in [5, 5.41) is 7.32. The van der Waals surface area contributed by atoms with Crippen molar-refractivity contribution in [1.82, 2.24) is 5.32 Å². The minimum absolute atomic E-state index is 0.527. The lowest BCUT2D eigenvalue weighted by Crippen LogP contribution is -2.33. The van der Waals surface area contributed by atoms with Crippen molar-refractivity contribution < 1.29 is 0 Å². The van der Waals surface area contributed by atoms with Crippen LogP contribution < -0.4 is 11.1 Å². The van der Waals surface area contributed by atoms with E-state index in [1.54, 1.807) is 22.7 Å². The standard InChI is InChI=1S/C13H17N3S2/c1-10-5-8-18-12(10)9-16-13(14)15-6-4-11-3-2-7-17-11/h2-3,5,7-8H,4,6,9H2,1H3,(H3,14,15,16). The second kappa shape index (κ2) is 6.56. The number of nitrogens with zero attached hydrogens (tertiary/aromatic N) is 1. The number of nitrogens with one attached hydrogen (secondary N) is 1. The fourth-order valence-corrected chi connectivity index (χ4v) is 3.09. The zero-order valence-corrected chi connectivity index (χ0v) is 12.0. The van der Waals surface area contributed by atoms with Gasteiger partial charge in [0.25, 0.3) is 0 Å². The summed E-state index contributed by atoms with van der Waals surface area (Å²) in [5.74, 6) is 0.527. The van der Waals surface area contributed by atoms with Gasteiger partial charge in [-0.2, -0.15) is 0 Å². The number of aliphatic imine (C=N–C) groups is 1. The highest BCUT2D eigenvalue weighted by Crippen LogP contribution is 2.16. The monoisotopic (exact) mass is 279 g/mol. The summed E-state index contributed by atoms with van der Waals surface area (Å²) >= 11 is 3.49. The number of hydrogen-bond donors (Lipinski definition) is 2. The third kappa shape index (κ3) is 3.85. The molecule has 18 heavy (non-hydrogen) atoms. The van der Waals surface area contributed by atoms with Crippen LogP contribution in [0.1, 0.15) is 15.3 Å². The maximum absolute atomic E-state index is 5.83. The molecule has 0 bridgehead atoms. The molecule has 0 saturated carbocycles. The Morgan fingerprint density at radius 1 is 1.33 bits per heavy atom. The van der Waals surface area contributed by atoms with E-state index in [1.807, 2.05) is 0 Å². The zero-order chi connectivity index (χ0) is 12.8. The molecule has 0 aliphatic rings. The van der Waals surface area contributed by atoms with Gasteiger partial charge in [-0.1, -0.05) is 6.07 Å². The van der Waals surface area contributed by atoms with Crippen LogP contribution in [0.2, 0.25) is 0 Å². The Morgan fingerprint density at radius 2 is 2.22 bits per heavy atom. The molecule has 0 amide bonds. The van der Waals surface area contributed by atoms with Gasteiger partial charge in [-0.15, -0.1) is 22.7 Å². The van der Waals surface area contributed by atoms with Crippen molar-refractivity contribution in [2.75, 3.05) is 6.54 Å². The Morgan fingerprint density at radius 3 is 2.89 bits per heavy atom. The fraction of sp³-hybridized carbons (Fsp3) is 0.308. The predicted molar refractivity (Wildman–Crippen MR) is 80.4 cm³/mol. The summed E-state index contributed by atoms with van der Waals surface area (Å²) in [5.41, 5.74) is 7.11. The van der Waals surface area contributed by atoms with Gasteiger partial charge in [0, 0.05) is 16.3 Å². The lowest BCUT2D eigenvalue weighted by molar-refractivity contribution is 0.858. The second-order valence-corrected chi connectivity index (χ2v) is 6.02. The Kier molecular flexibility index (Phi) is 4.78. The van der Waals surface area contributed by atoms with E-state index in [-0.39, 0.29) is 0 Å². The van der Waals surface area contributed by atoms with Gasteiger partial charge in [-0.3, -0.25) is 0 Å². The lowest BCUT2D eigenvalue weighted by Gasteiger charge is -2.04. The van der Waals surface area contributed by atoms with Gasteiger partial charge in [0.05, 0.1) is 6.54 Å². The summed E-state index contributed by atoms with van der Waals surface area (Å²) in [6, 6.07) is 6.31. The predicted octanol–water partition coefficient (Wildman–Crippen LogP) is 2.77. The third-order valence-corrected chi connectivity index (χ3v) is 4.56. The first kappa shape index (κ1) is 13.1. The lowest BCUT2D eigenvalue weighted by atomic mass is 10.3. The molecule has 0 aromatic carbocycles. The number of nitrogens with two attached hydrogens (primary N) is 1. The Bertz CT molecular complexity index is 500. The van der Waals surface area contributed by atoms with Gasteiger partial charge in [-0.25, -0.2) is 4.99 Å². The first-order chi connectivity index (χ1) is 8.75. The van der Waals surface area contributed by atoms with Crippen LogP contribution in [0.5, 0.6) is 0 Å². The average molecular weight is 279 g/mol. The fourth-order valence-electron chi connectivity index (χ4n) is 1.55. The van der Waals surface area contributed by atoms with Gasteiger partial charge in [0.15, 0.2) is 5.96 Å². The zero-order valence-electron chi connectivity index (χ0n) is 10.3. The molecule has 2 rings (SSSR count). The molecule has 0 unspecified atom stereocenters. The van der Waals surface area contributed by atoms with E-state index >= 15 is 0 Å². The highest BCUT2D eigenvalue weighted by atomic mass is 32.1. The number of thiophene rings is 2. The van der Waals surface area contributed by atoms with E-state index < -0.39 is 0 Å². The molecule has 5 heteroatoms. The topological polar surface area (TPSA) is 50.4 Å². The third-order valence-electron chi connectivity index (χ3n) is 2.62. The molecular weight excluding hydrogens is 262 g/mol. The van der Waals surface area contributed by atoms with E-state index in [0.29, 0.717) is 12.5 Å². The molecule has 0 atom stereocenters. The maximum atomic E-state index is 5.83. The quantitative estimate of drug-likeness (QED) is 0.653. The number of hydrogen-bond acceptors (Lipinski definition) is 3. The van der Waals surface area contributed by atoms with Crippen LogP contribution in [0, 0.1) is 6.92 Å². The average Bonchev–Trinajstić information content (AvgIpc) is 2.98. The van der Waals surface area contributed by atoms with Crippen LogP contribution in [0.25, 0.3) is 0 Å². The Labute approximate surface area is 115 Å². The van der Waals surface area contributed by atoms with Crippen LogP contribution in [-0.4, -0.2) is 12.5 Å². The van der Waals surface area contributed by atoms with Gasteiger partial charge in [-0.05, 0) is 41.8 Å². The van der Waals surface area contributed by atoms with Gasteiger partial charge in [0.2, 0.25) is 0 Å². The highest BCUT2D eigenvalue weighted by Gasteiger charge is 1.99. The summed E-state index contributed by atoms with van der Waals surface area (Å²) in [6.07, 6.45) is 0.992. The molecule has 0 saturated heterocycles. The molecule has 3 N–H and O–H groups in total. The van der Waals surface area contributed by atoms with Crippen molar-refractivity contribution in [3.63, 3.8) is 0 Å². The SMILES string of the molecule is Cc1ccsc1CN=C(N)NCCc1cccs1. The minimum Gasteiger partial charge on any atom is -0.370 e. The molecule has 3 nitrogen and oxygen atoms in total. The highest BCUT2D eigenvalue weighted by molar-refractivity contribution is 7.10. The van der Waals surface area contributed by atoms with Crippen molar-refractivity contribution >= 4 is 28.6 Å². The van der Waals surface area contributed by atoms with Crippen molar-refractivity contribution in [2.24, 2.45) is 10.7 Å². The molecule has 96 valence electrons. The number of aryl methyl sites for hydroxylation is 1. The normalized spacial score (nSPS) is 11.7. The molecule has 0 fully saturated rings. The Balaban J connectivity index is 1.74. The summed E-state index contributed by atoms with van der Waals surface area (Å²) < 4.78 is 0. The molecular formula is C13H17N3S2. The summed E-state index contributed by atoms with van der Waals surface area (Å²) in [4.78, 5) is 6.98.